The van der Waals surface area contributed by atoms with Gasteiger partial charge in [-0.2, -0.15) is 10.2 Å². The van der Waals surface area contributed by atoms with E-state index in [-0.39, 0.29) is 23.9 Å². The number of carbonyl (C=O) groups is 1. The van der Waals surface area contributed by atoms with Gasteiger partial charge >= 0.3 is 5.97 Å². The van der Waals surface area contributed by atoms with Crippen LogP contribution in [0.25, 0.3) is 11.4 Å². The average molecular weight is 375 g/mol. The zero-order valence-electron chi connectivity index (χ0n) is 15.3. The van der Waals surface area contributed by atoms with E-state index < -0.39 is 5.97 Å². The van der Waals surface area contributed by atoms with Gasteiger partial charge in [0.1, 0.15) is 11.6 Å². The third-order valence-electron chi connectivity index (χ3n) is 3.69. The van der Waals surface area contributed by atoms with E-state index in [1.165, 1.54) is 6.20 Å². The Morgan fingerprint density at radius 3 is 2.79 bits per heavy atom. The molecule has 0 radical (unpaired) electrons. The fourth-order valence-electron chi connectivity index (χ4n) is 2.46. The Morgan fingerprint density at radius 2 is 2.11 bits per heavy atom. The standard InChI is InChI=1S/C20H17N5O3/c1-3-27-20(26)16-18(22-2)24-17(14-7-4-6-13(10-14)11-21)25-19(16)28-15-8-5-9-23-12-15/h4-10,12H,3H2,1-2H3,(H,22,24,25). The third-order valence-corrected chi connectivity index (χ3v) is 3.69. The molecular formula is C20H17N5O3. The van der Waals surface area contributed by atoms with Crippen molar-refractivity contribution in [1.82, 2.24) is 15.0 Å². The van der Waals surface area contributed by atoms with Crippen LogP contribution < -0.4 is 10.1 Å². The van der Waals surface area contributed by atoms with E-state index >= 15 is 0 Å². The topological polar surface area (TPSA) is 110 Å². The van der Waals surface area contributed by atoms with E-state index in [1.54, 1.807) is 56.6 Å². The zero-order chi connectivity index (χ0) is 19.9. The third kappa shape index (κ3) is 4.04. The largest absolute Gasteiger partial charge is 0.462 e. The van der Waals surface area contributed by atoms with Gasteiger partial charge < -0.3 is 14.8 Å². The molecule has 3 rings (SSSR count). The van der Waals surface area contributed by atoms with E-state index in [0.29, 0.717) is 22.7 Å². The number of nitrogens with zero attached hydrogens (tertiary/aromatic N) is 4. The lowest BCUT2D eigenvalue weighted by molar-refractivity contribution is 0.0523. The molecule has 0 aliphatic carbocycles. The Labute approximate surface area is 161 Å². The summed E-state index contributed by atoms with van der Waals surface area (Å²) in [5.74, 6) is 0.384. The minimum Gasteiger partial charge on any atom is -0.462 e. The maximum Gasteiger partial charge on any atom is 0.347 e. The molecule has 0 aliphatic heterocycles. The quantitative estimate of drug-likeness (QED) is 0.653. The Kier molecular flexibility index (Phi) is 5.77. The van der Waals surface area contributed by atoms with Crippen LogP contribution in [-0.2, 0) is 4.74 Å². The van der Waals surface area contributed by atoms with Gasteiger partial charge in [-0.1, -0.05) is 12.1 Å². The second-order valence-corrected chi connectivity index (χ2v) is 5.53. The number of hydrogen-bond acceptors (Lipinski definition) is 8. The Balaban J connectivity index is 2.16. The van der Waals surface area contributed by atoms with E-state index in [2.05, 4.69) is 26.3 Å². The van der Waals surface area contributed by atoms with Crippen LogP contribution in [0, 0.1) is 11.3 Å². The first-order valence-electron chi connectivity index (χ1n) is 8.51. The first kappa shape index (κ1) is 18.8. The maximum absolute atomic E-state index is 12.5. The normalized spacial score (nSPS) is 10.0. The summed E-state index contributed by atoms with van der Waals surface area (Å²) in [7, 11) is 1.63. The monoisotopic (exact) mass is 375 g/mol. The predicted octanol–water partition coefficient (Wildman–Crippen LogP) is 3.42. The van der Waals surface area contributed by atoms with Gasteiger partial charge in [-0.15, -0.1) is 0 Å². The van der Waals surface area contributed by atoms with Gasteiger partial charge in [0.15, 0.2) is 11.4 Å². The molecule has 0 amide bonds. The van der Waals surface area contributed by atoms with E-state index in [4.69, 9.17) is 14.7 Å². The van der Waals surface area contributed by atoms with Gasteiger partial charge in [0.2, 0.25) is 5.88 Å². The van der Waals surface area contributed by atoms with Gasteiger partial charge in [0.25, 0.3) is 0 Å². The van der Waals surface area contributed by atoms with Crippen LogP contribution in [0.15, 0.2) is 48.8 Å². The molecule has 3 aromatic rings. The summed E-state index contributed by atoms with van der Waals surface area (Å²) < 4.78 is 11.0. The number of anilines is 1. The van der Waals surface area contributed by atoms with Crippen molar-refractivity contribution in [3.05, 3.63) is 59.9 Å². The number of rotatable bonds is 6. The summed E-state index contributed by atoms with van der Waals surface area (Å²) in [6, 6.07) is 12.3. The van der Waals surface area contributed by atoms with E-state index in [0.717, 1.165) is 0 Å². The lowest BCUT2D eigenvalue weighted by Gasteiger charge is -2.14. The molecule has 140 valence electrons. The van der Waals surface area contributed by atoms with Crippen molar-refractivity contribution in [2.75, 3.05) is 19.0 Å². The van der Waals surface area contributed by atoms with Crippen molar-refractivity contribution in [1.29, 1.82) is 5.26 Å². The van der Waals surface area contributed by atoms with Crippen LogP contribution in [0.2, 0.25) is 0 Å². The van der Waals surface area contributed by atoms with Crippen LogP contribution in [0.5, 0.6) is 11.6 Å². The molecule has 0 aliphatic rings. The highest BCUT2D eigenvalue weighted by Crippen LogP contribution is 2.31. The summed E-state index contributed by atoms with van der Waals surface area (Å²) in [5, 5.41) is 12.0. The number of hydrogen-bond donors (Lipinski definition) is 1. The maximum atomic E-state index is 12.5. The fraction of sp³-hybridized carbons (Fsp3) is 0.150. The summed E-state index contributed by atoms with van der Waals surface area (Å²) in [6.07, 6.45) is 3.11. The second kappa shape index (κ2) is 8.60. The molecule has 2 aromatic heterocycles. The van der Waals surface area contributed by atoms with Crippen molar-refractivity contribution in [3.8, 4) is 29.1 Å². The Morgan fingerprint density at radius 1 is 1.25 bits per heavy atom. The molecule has 0 unspecified atom stereocenters. The first-order valence-corrected chi connectivity index (χ1v) is 8.51. The summed E-state index contributed by atoms with van der Waals surface area (Å²) in [4.78, 5) is 25.3. The van der Waals surface area contributed by atoms with Gasteiger partial charge in [-0.05, 0) is 31.2 Å². The number of nitriles is 1. The second-order valence-electron chi connectivity index (χ2n) is 5.53. The number of aromatic nitrogens is 3. The number of carbonyl (C=O) groups excluding carboxylic acids is 1. The minimum absolute atomic E-state index is 0.0307. The van der Waals surface area contributed by atoms with Crippen LogP contribution in [0.3, 0.4) is 0 Å². The smallest absolute Gasteiger partial charge is 0.347 e. The van der Waals surface area contributed by atoms with E-state index in [9.17, 15) is 4.79 Å². The van der Waals surface area contributed by atoms with Crippen molar-refractivity contribution in [2.24, 2.45) is 0 Å². The molecule has 0 fully saturated rings. The molecule has 1 N–H and O–H groups in total. The molecule has 28 heavy (non-hydrogen) atoms. The molecule has 0 saturated heterocycles. The van der Waals surface area contributed by atoms with Crippen LogP contribution in [0.1, 0.15) is 22.8 Å². The highest BCUT2D eigenvalue weighted by Gasteiger charge is 2.24. The predicted molar refractivity (Wildman–Crippen MR) is 102 cm³/mol. The number of ether oxygens (including phenoxy) is 2. The number of nitrogens with one attached hydrogen (secondary N) is 1. The molecule has 8 heteroatoms. The van der Waals surface area contributed by atoms with Crippen LogP contribution in [-0.4, -0.2) is 34.6 Å². The molecule has 0 atom stereocenters. The summed E-state index contributed by atoms with van der Waals surface area (Å²) >= 11 is 0. The molecule has 0 bridgehead atoms. The van der Waals surface area contributed by atoms with Crippen LogP contribution >= 0.6 is 0 Å². The van der Waals surface area contributed by atoms with Crippen molar-refractivity contribution < 1.29 is 14.3 Å². The molecule has 0 spiro atoms. The minimum atomic E-state index is -0.608. The molecule has 0 saturated carbocycles. The number of benzene rings is 1. The van der Waals surface area contributed by atoms with Gasteiger partial charge in [-0.25, -0.2) is 9.78 Å². The SMILES string of the molecule is CCOC(=O)c1c(NC)nc(-c2cccc(C#N)c2)nc1Oc1cccnc1. The molecule has 2 heterocycles. The number of esters is 1. The van der Waals surface area contributed by atoms with Crippen molar-refractivity contribution >= 4 is 11.8 Å². The Hall–Kier alpha value is -3.99. The molecular weight excluding hydrogens is 358 g/mol. The van der Waals surface area contributed by atoms with Gasteiger partial charge in [-0.3, -0.25) is 4.98 Å². The average Bonchev–Trinajstić information content (AvgIpc) is 2.74. The molecule has 1 aromatic carbocycles. The van der Waals surface area contributed by atoms with Gasteiger partial charge in [0.05, 0.1) is 24.4 Å². The van der Waals surface area contributed by atoms with Crippen molar-refractivity contribution in [3.63, 3.8) is 0 Å². The molecule has 8 nitrogen and oxygen atoms in total. The summed E-state index contributed by atoms with van der Waals surface area (Å²) in [6.45, 7) is 1.90. The van der Waals surface area contributed by atoms with Crippen LogP contribution in [0.4, 0.5) is 5.82 Å². The lowest BCUT2D eigenvalue weighted by Crippen LogP contribution is -2.13. The summed E-state index contributed by atoms with van der Waals surface area (Å²) in [5.41, 5.74) is 1.16. The fourth-order valence-corrected chi connectivity index (χ4v) is 2.46. The van der Waals surface area contributed by atoms with E-state index in [1.807, 2.05) is 0 Å². The number of pyridine rings is 1. The van der Waals surface area contributed by atoms with Crippen molar-refractivity contribution in [2.45, 2.75) is 6.92 Å². The first-order chi connectivity index (χ1) is 13.7. The lowest BCUT2D eigenvalue weighted by atomic mass is 10.1. The highest BCUT2D eigenvalue weighted by atomic mass is 16.5. The highest BCUT2D eigenvalue weighted by molar-refractivity contribution is 5.97. The van der Waals surface area contributed by atoms with Gasteiger partial charge in [0, 0.05) is 18.8 Å². The zero-order valence-corrected chi connectivity index (χ0v) is 15.3. The Bertz CT molecular complexity index is 1030.